The lowest BCUT2D eigenvalue weighted by atomic mass is 9.99. The Morgan fingerprint density at radius 2 is 1.12 bits per heavy atom. The summed E-state index contributed by atoms with van der Waals surface area (Å²) in [6.45, 7) is 2.16. The number of carboxylic acids is 1. The first-order valence-electron chi connectivity index (χ1n) is 10.4. The van der Waals surface area contributed by atoms with Crippen molar-refractivity contribution in [3.63, 3.8) is 0 Å². The minimum atomic E-state index is -0.685. The number of ether oxygens (including phenoxy) is 3. The Hall–Kier alpha value is -0.650. The van der Waals surface area contributed by atoms with Gasteiger partial charge in [-0.1, -0.05) is 39.0 Å². The Balaban J connectivity index is 3.77. The maximum Gasteiger partial charge on any atom is 0.303 e. The molecule has 0 rings (SSSR count). The predicted molar refractivity (Wildman–Crippen MR) is 106 cm³/mol. The molecule has 5 heteroatoms. The second kappa shape index (κ2) is 17.7. The molecule has 0 saturated heterocycles. The van der Waals surface area contributed by atoms with E-state index in [2.05, 4.69) is 6.92 Å². The molecule has 0 bridgehead atoms. The molecule has 0 aromatic carbocycles. The first-order valence-corrected chi connectivity index (χ1v) is 10.4. The van der Waals surface area contributed by atoms with Crippen LogP contribution in [-0.2, 0) is 19.0 Å². The molecule has 3 atom stereocenters. The SMILES string of the molecule is CCC(CCC(CCC(CCCCCCCCC(=O)O)OC)OC)OC. The van der Waals surface area contributed by atoms with E-state index in [0.717, 1.165) is 57.8 Å². The van der Waals surface area contributed by atoms with Crippen molar-refractivity contribution in [2.45, 2.75) is 109 Å². The molecule has 0 heterocycles. The first kappa shape index (κ1) is 25.4. The van der Waals surface area contributed by atoms with Gasteiger partial charge in [-0.2, -0.15) is 0 Å². The molecule has 0 aromatic heterocycles. The molecular formula is C21H42O5. The van der Waals surface area contributed by atoms with Gasteiger partial charge in [0.1, 0.15) is 0 Å². The lowest BCUT2D eigenvalue weighted by Gasteiger charge is -2.21. The molecule has 0 fully saturated rings. The molecule has 0 aliphatic heterocycles. The van der Waals surface area contributed by atoms with Gasteiger partial charge in [0.05, 0.1) is 18.3 Å². The standard InChI is InChI=1S/C21H42O5/c1-5-18(24-2)14-15-20(26-4)17-16-19(25-3)12-10-8-6-7-9-11-13-21(22)23/h18-20H,5-17H2,1-4H3,(H,22,23). The predicted octanol–water partition coefficient (Wildman–Crippen LogP) is 5.21. The van der Waals surface area contributed by atoms with Crippen molar-refractivity contribution < 1.29 is 24.1 Å². The van der Waals surface area contributed by atoms with Gasteiger partial charge in [0.25, 0.3) is 0 Å². The second-order valence-corrected chi connectivity index (χ2v) is 7.19. The number of carbonyl (C=O) groups is 1. The summed E-state index contributed by atoms with van der Waals surface area (Å²) in [6, 6.07) is 0. The third-order valence-electron chi connectivity index (χ3n) is 5.24. The molecule has 26 heavy (non-hydrogen) atoms. The van der Waals surface area contributed by atoms with Crippen molar-refractivity contribution in [2.24, 2.45) is 0 Å². The Labute approximate surface area is 160 Å². The van der Waals surface area contributed by atoms with Crippen molar-refractivity contribution >= 4 is 5.97 Å². The highest BCUT2D eigenvalue weighted by Crippen LogP contribution is 2.18. The van der Waals surface area contributed by atoms with E-state index in [4.69, 9.17) is 19.3 Å². The van der Waals surface area contributed by atoms with Crippen molar-refractivity contribution in [1.29, 1.82) is 0 Å². The molecule has 1 N–H and O–H groups in total. The Kier molecular flexibility index (Phi) is 17.3. The Bertz CT molecular complexity index is 318. The number of hydrogen-bond donors (Lipinski definition) is 1. The van der Waals surface area contributed by atoms with Gasteiger partial charge < -0.3 is 19.3 Å². The molecule has 156 valence electrons. The monoisotopic (exact) mass is 374 g/mol. The van der Waals surface area contributed by atoms with Gasteiger partial charge in [0, 0.05) is 27.8 Å². The lowest BCUT2D eigenvalue weighted by Crippen LogP contribution is -2.19. The summed E-state index contributed by atoms with van der Waals surface area (Å²) in [7, 11) is 5.38. The summed E-state index contributed by atoms with van der Waals surface area (Å²) >= 11 is 0. The number of unbranched alkanes of at least 4 members (excludes halogenated alkanes) is 5. The fraction of sp³-hybridized carbons (Fsp3) is 0.952. The van der Waals surface area contributed by atoms with Crippen molar-refractivity contribution in [2.75, 3.05) is 21.3 Å². The zero-order valence-electron chi connectivity index (χ0n) is 17.5. The van der Waals surface area contributed by atoms with Crippen molar-refractivity contribution in [1.82, 2.24) is 0 Å². The van der Waals surface area contributed by atoms with E-state index in [1.807, 2.05) is 0 Å². The fourth-order valence-corrected chi connectivity index (χ4v) is 3.35. The third kappa shape index (κ3) is 14.5. The summed E-state index contributed by atoms with van der Waals surface area (Å²) in [6.07, 6.45) is 14.0. The minimum absolute atomic E-state index is 0.283. The number of rotatable bonds is 19. The van der Waals surface area contributed by atoms with Crippen LogP contribution in [0.15, 0.2) is 0 Å². The summed E-state index contributed by atoms with van der Waals surface area (Å²) < 4.78 is 16.7. The van der Waals surface area contributed by atoms with Gasteiger partial charge >= 0.3 is 5.97 Å². The number of carboxylic acid groups (broad SMARTS) is 1. The highest BCUT2D eigenvalue weighted by atomic mass is 16.5. The molecule has 0 spiro atoms. The normalized spacial score (nSPS) is 14.9. The van der Waals surface area contributed by atoms with Gasteiger partial charge in [-0.3, -0.25) is 4.79 Å². The molecule has 0 amide bonds. The van der Waals surface area contributed by atoms with Gasteiger partial charge in [-0.25, -0.2) is 0 Å². The van der Waals surface area contributed by atoms with Crippen molar-refractivity contribution in [3.8, 4) is 0 Å². The lowest BCUT2D eigenvalue weighted by molar-refractivity contribution is -0.137. The van der Waals surface area contributed by atoms with E-state index in [1.165, 1.54) is 19.3 Å². The van der Waals surface area contributed by atoms with Crippen LogP contribution in [0.1, 0.15) is 90.4 Å². The number of aliphatic carboxylic acids is 1. The second-order valence-electron chi connectivity index (χ2n) is 7.19. The average Bonchev–Trinajstić information content (AvgIpc) is 2.64. The smallest absolute Gasteiger partial charge is 0.303 e. The van der Waals surface area contributed by atoms with Gasteiger partial charge in [-0.05, 0) is 44.9 Å². The third-order valence-corrected chi connectivity index (χ3v) is 5.24. The van der Waals surface area contributed by atoms with Crippen LogP contribution in [0.5, 0.6) is 0 Å². The summed E-state index contributed by atoms with van der Waals surface area (Å²) in [4.78, 5) is 10.4. The quantitative estimate of drug-likeness (QED) is 0.315. The van der Waals surface area contributed by atoms with Gasteiger partial charge in [0.15, 0.2) is 0 Å². The van der Waals surface area contributed by atoms with Crippen LogP contribution in [-0.4, -0.2) is 50.7 Å². The molecule has 0 saturated carbocycles. The van der Waals surface area contributed by atoms with Gasteiger partial charge in [-0.15, -0.1) is 0 Å². The van der Waals surface area contributed by atoms with E-state index >= 15 is 0 Å². The Morgan fingerprint density at radius 3 is 1.58 bits per heavy atom. The fourth-order valence-electron chi connectivity index (χ4n) is 3.35. The Morgan fingerprint density at radius 1 is 0.692 bits per heavy atom. The zero-order chi connectivity index (χ0) is 19.6. The van der Waals surface area contributed by atoms with Gasteiger partial charge in [0.2, 0.25) is 0 Å². The summed E-state index contributed by atoms with van der Waals surface area (Å²) in [5.74, 6) is -0.685. The van der Waals surface area contributed by atoms with Crippen LogP contribution in [0.25, 0.3) is 0 Å². The molecule has 0 aliphatic carbocycles. The molecule has 0 radical (unpaired) electrons. The topological polar surface area (TPSA) is 65.0 Å². The minimum Gasteiger partial charge on any atom is -0.481 e. The zero-order valence-corrected chi connectivity index (χ0v) is 17.5. The molecular weight excluding hydrogens is 332 g/mol. The largest absolute Gasteiger partial charge is 0.481 e. The summed E-state index contributed by atoms with van der Waals surface area (Å²) in [5, 5.41) is 8.61. The van der Waals surface area contributed by atoms with Crippen LogP contribution in [0, 0.1) is 0 Å². The number of methoxy groups -OCH3 is 3. The van der Waals surface area contributed by atoms with Crippen LogP contribution < -0.4 is 0 Å². The van der Waals surface area contributed by atoms with E-state index in [9.17, 15) is 4.79 Å². The maximum absolute atomic E-state index is 10.4. The average molecular weight is 375 g/mol. The van der Waals surface area contributed by atoms with Crippen LogP contribution >= 0.6 is 0 Å². The molecule has 5 nitrogen and oxygen atoms in total. The molecule has 0 aromatic rings. The summed E-state index contributed by atoms with van der Waals surface area (Å²) in [5.41, 5.74) is 0. The first-order chi connectivity index (χ1) is 12.6. The van der Waals surface area contributed by atoms with Crippen molar-refractivity contribution in [3.05, 3.63) is 0 Å². The van der Waals surface area contributed by atoms with Crippen LogP contribution in [0.3, 0.4) is 0 Å². The number of hydrogen-bond acceptors (Lipinski definition) is 4. The maximum atomic E-state index is 10.4. The van der Waals surface area contributed by atoms with E-state index in [0.29, 0.717) is 18.6 Å². The molecule has 0 aliphatic rings. The van der Waals surface area contributed by atoms with E-state index in [-0.39, 0.29) is 6.10 Å². The highest BCUT2D eigenvalue weighted by molar-refractivity contribution is 5.66. The van der Waals surface area contributed by atoms with E-state index in [1.54, 1.807) is 21.3 Å². The van der Waals surface area contributed by atoms with Crippen LogP contribution in [0.4, 0.5) is 0 Å². The molecule has 3 unspecified atom stereocenters. The highest BCUT2D eigenvalue weighted by Gasteiger charge is 2.15. The van der Waals surface area contributed by atoms with E-state index < -0.39 is 5.97 Å². The van der Waals surface area contributed by atoms with Crippen LogP contribution in [0.2, 0.25) is 0 Å².